The predicted molar refractivity (Wildman–Crippen MR) is 138 cm³/mol. The number of thiocarbonyl (C=S) groups is 1. The molecular weight excluding hydrogens is 470 g/mol. The first-order valence-corrected chi connectivity index (χ1v) is 11.7. The summed E-state index contributed by atoms with van der Waals surface area (Å²) in [5.74, 6) is 0.357. The second-order valence-corrected chi connectivity index (χ2v) is 9.43. The second-order valence-electron chi connectivity index (χ2n) is 8.61. The molecule has 0 unspecified atom stereocenters. The van der Waals surface area contributed by atoms with Crippen LogP contribution in [0.4, 0.5) is 11.4 Å². The largest absolute Gasteiger partial charge is 0.493 e. The number of rotatable bonds is 4. The zero-order chi connectivity index (χ0) is 24.0. The molecule has 8 heteroatoms. The molecule has 5 rings (SSSR count). The zero-order valence-electron chi connectivity index (χ0n) is 19.0. The number of ether oxygens (including phenoxy) is 2. The van der Waals surface area contributed by atoms with E-state index >= 15 is 0 Å². The number of aryl methyl sites for hydroxylation is 1. The van der Waals surface area contributed by atoms with Gasteiger partial charge in [0.2, 0.25) is 5.91 Å². The molecule has 2 heterocycles. The molecular formula is C26H24ClN3O3S. The first kappa shape index (κ1) is 22.5. The SMILES string of the molecule is COc1cccc2c1O[C@]1(C)[C@H](C(=O)Nc3ccc(Cl)cc3)[C@@H]2NC(=S)N1c1ccc(C)cc1. The number of nitrogens with zero attached hydrogens (tertiary/aromatic N) is 1. The predicted octanol–water partition coefficient (Wildman–Crippen LogP) is 5.46. The summed E-state index contributed by atoms with van der Waals surface area (Å²) >= 11 is 11.8. The summed E-state index contributed by atoms with van der Waals surface area (Å²) in [6.07, 6.45) is 0. The van der Waals surface area contributed by atoms with Crippen LogP contribution in [-0.2, 0) is 4.79 Å². The molecule has 1 saturated heterocycles. The van der Waals surface area contributed by atoms with Crippen molar-refractivity contribution < 1.29 is 14.3 Å². The highest BCUT2D eigenvalue weighted by Crippen LogP contribution is 2.52. The third-order valence-electron chi connectivity index (χ3n) is 6.40. The number of hydrogen-bond acceptors (Lipinski definition) is 4. The fraction of sp³-hybridized carbons (Fsp3) is 0.231. The summed E-state index contributed by atoms with van der Waals surface area (Å²) < 4.78 is 12.3. The van der Waals surface area contributed by atoms with Crippen LogP contribution in [0.3, 0.4) is 0 Å². The van der Waals surface area contributed by atoms with Crippen molar-refractivity contribution in [3.05, 3.63) is 82.9 Å². The maximum atomic E-state index is 13.8. The summed E-state index contributed by atoms with van der Waals surface area (Å²) in [7, 11) is 1.60. The topological polar surface area (TPSA) is 62.8 Å². The number of methoxy groups -OCH3 is 1. The molecule has 3 aromatic carbocycles. The average Bonchev–Trinajstić information content (AvgIpc) is 2.81. The Morgan fingerprint density at radius 2 is 1.85 bits per heavy atom. The van der Waals surface area contributed by atoms with E-state index in [1.54, 1.807) is 31.4 Å². The highest BCUT2D eigenvalue weighted by atomic mass is 35.5. The van der Waals surface area contributed by atoms with E-state index in [-0.39, 0.29) is 5.91 Å². The van der Waals surface area contributed by atoms with E-state index in [9.17, 15) is 4.79 Å². The number of nitrogens with one attached hydrogen (secondary N) is 2. The summed E-state index contributed by atoms with van der Waals surface area (Å²) in [5, 5.41) is 7.52. The van der Waals surface area contributed by atoms with Gasteiger partial charge in [0.1, 0.15) is 5.92 Å². The molecule has 2 aliphatic heterocycles. The van der Waals surface area contributed by atoms with Gasteiger partial charge in [-0.15, -0.1) is 0 Å². The van der Waals surface area contributed by atoms with Gasteiger partial charge in [0.15, 0.2) is 22.3 Å². The van der Waals surface area contributed by atoms with Crippen molar-refractivity contribution in [1.82, 2.24) is 5.32 Å². The average molecular weight is 494 g/mol. The van der Waals surface area contributed by atoms with Gasteiger partial charge in [-0.05, 0) is 68.5 Å². The second kappa shape index (κ2) is 8.49. The van der Waals surface area contributed by atoms with Crippen molar-refractivity contribution >= 4 is 46.2 Å². The molecule has 1 fully saturated rings. The Bertz CT molecular complexity index is 1270. The Morgan fingerprint density at radius 3 is 2.53 bits per heavy atom. The molecule has 2 N–H and O–H groups in total. The highest BCUT2D eigenvalue weighted by molar-refractivity contribution is 7.80. The van der Waals surface area contributed by atoms with Crippen LogP contribution in [0, 0.1) is 12.8 Å². The van der Waals surface area contributed by atoms with Crippen LogP contribution in [0.25, 0.3) is 0 Å². The van der Waals surface area contributed by atoms with E-state index in [1.807, 2.05) is 61.2 Å². The van der Waals surface area contributed by atoms with Crippen LogP contribution in [0.5, 0.6) is 11.5 Å². The smallest absolute Gasteiger partial charge is 0.236 e. The first-order chi connectivity index (χ1) is 16.3. The number of halogens is 1. The van der Waals surface area contributed by atoms with Crippen LogP contribution in [-0.4, -0.2) is 23.9 Å². The number of anilines is 2. The Hall–Kier alpha value is -3.29. The maximum Gasteiger partial charge on any atom is 0.236 e. The normalized spacial score (nSPS) is 22.8. The van der Waals surface area contributed by atoms with Gasteiger partial charge in [-0.2, -0.15) is 0 Å². The number of para-hydroxylation sites is 1. The quantitative estimate of drug-likeness (QED) is 0.471. The number of carbonyl (C=O) groups excluding carboxylic acids is 1. The van der Waals surface area contributed by atoms with Gasteiger partial charge in [0, 0.05) is 22.0 Å². The van der Waals surface area contributed by atoms with E-state index in [0.717, 1.165) is 16.8 Å². The Balaban J connectivity index is 1.64. The van der Waals surface area contributed by atoms with Gasteiger partial charge in [-0.1, -0.05) is 41.4 Å². The Morgan fingerprint density at radius 1 is 1.15 bits per heavy atom. The Kier molecular flexibility index (Phi) is 5.62. The van der Waals surface area contributed by atoms with E-state index in [4.69, 9.17) is 33.3 Å². The minimum Gasteiger partial charge on any atom is -0.493 e. The standard InChI is InChI=1S/C26H24ClN3O3S/c1-15-7-13-18(14-8-15)30-25(34)29-22-19-5-4-6-20(32-3)23(19)33-26(30,2)21(22)24(31)28-17-11-9-16(27)10-12-17/h4-14,21-22H,1-3H3,(H,28,31)(H,29,34)/t21-,22+,26+/m0/s1. The minimum absolute atomic E-state index is 0.199. The van der Waals surface area contributed by atoms with E-state index in [0.29, 0.717) is 27.3 Å². The monoisotopic (exact) mass is 493 g/mol. The lowest BCUT2D eigenvalue weighted by Gasteiger charge is -2.56. The molecule has 174 valence electrons. The molecule has 6 nitrogen and oxygen atoms in total. The van der Waals surface area contributed by atoms with Gasteiger partial charge in [0.05, 0.1) is 13.2 Å². The molecule has 3 aromatic rings. The summed E-state index contributed by atoms with van der Waals surface area (Å²) in [6.45, 7) is 3.92. The van der Waals surface area contributed by atoms with Crippen LogP contribution < -0.4 is 25.0 Å². The number of hydrogen-bond donors (Lipinski definition) is 2. The summed E-state index contributed by atoms with van der Waals surface area (Å²) in [4.78, 5) is 15.7. The van der Waals surface area contributed by atoms with Crippen LogP contribution in [0.2, 0.25) is 5.02 Å². The van der Waals surface area contributed by atoms with Crippen molar-refractivity contribution in [2.75, 3.05) is 17.3 Å². The van der Waals surface area contributed by atoms with Gasteiger partial charge in [-0.3, -0.25) is 9.69 Å². The van der Waals surface area contributed by atoms with Crippen molar-refractivity contribution in [3.8, 4) is 11.5 Å². The molecule has 34 heavy (non-hydrogen) atoms. The van der Waals surface area contributed by atoms with E-state index < -0.39 is 17.7 Å². The number of carbonyl (C=O) groups is 1. The summed E-state index contributed by atoms with van der Waals surface area (Å²) in [6, 6.07) is 20.2. The van der Waals surface area contributed by atoms with Crippen LogP contribution in [0.1, 0.15) is 24.1 Å². The maximum absolute atomic E-state index is 13.8. The zero-order valence-corrected chi connectivity index (χ0v) is 20.5. The van der Waals surface area contributed by atoms with Crippen molar-refractivity contribution in [1.29, 1.82) is 0 Å². The van der Waals surface area contributed by atoms with Crippen molar-refractivity contribution in [2.24, 2.45) is 5.92 Å². The number of fused-ring (bicyclic) bond motifs is 4. The number of benzene rings is 3. The lowest BCUT2D eigenvalue weighted by Crippen LogP contribution is -2.72. The molecule has 0 aliphatic carbocycles. The minimum atomic E-state index is -1.12. The molecule has 2 bridgehead atoms. The number of amides is 1. The molecule has 3 atom stereocenters. The lowest BCUT2D eigenvalue weighted by atomic mass is 9.78. The van der Waals surface area contributed by atoms with Gasteiger partial charge >= 0.3 is 0 Å². The molecule has 2 aliphatic rings. The van der Waals surface area contributed by atoms with Gasteiger partial charge < -0.3 is 20.1 Å². The van der Waals surface area contributed by atoms with E-state index in [2.05, 4.69) is 10.6 Å². The van der Waals surface area contributed by atoms with Crippen LogP contribution >= 0.6 is 23.8 Å². The van der Waals surface area contributed by atoms with E-state index in [1.165, 1.54) is 0 Å². The molecule has 0 saturated carbocycles. The van der Waals surface area contributed by atoms with Crippen molar-refractivity contribution in [2.45, 2.75) is 25.6 Å². The Labute approximate surface area is 208 Å². The fourth-order valence-electron chi connectivity index (χ4n) is 4.77. The van der Waals surface area contributed by atoms with Gasteiger partial charge in [-0.25, -0.2) is 0 Å². The lowest BCUT2D eigenvalue weighted by molar-refractivity contribution is -0.130. The molecule has 0 radical (unpaired) electrons. The third-order valence-corrected chi connectivity index (χ3v) is 6.95. The molecule has 1 amide bonds. The fourth-order valence-corrected chi connectivity index (χ4v) is 5.31. The summed E-state index contributed by atoms with van der Waals surface area (Å²) in [5.41, 5.74) is 2.29. The van der Waals surface area contributed by atoms with Crippen LogP contribution in [0.15, 0.2) is 66.7 Å². The first-order valence-electron chi connectivity index (χ1n) is 10.9. The van der Waals surface area contributed by atoms with Crippen molar-refractivity contribution in [3.63, 3.8) is 0 Å². The highest BCUT2D eigenvalue weighted by Gasteiger charge is 2.59. The third kappa shape index (κ3) is 3.65. The van der Waals surface area contributed by atoms with Gasteiger partial charge in [0.25, 0.3) is 0 Å². The molecule has 0 aromatic heterocycles. The molecule has 0 spiro atoms.